The Balaban J connectivity index is 2.52. The molecule has 0 saturated carbocycles. The van der Waals surface area contributed by atoms with Crippen molar-refractivity contribution in [2.75, 3.05) is 31.3 Å². The first-order chi connectivity index (χ1) is 13.1. The van der Waals surface area contributed by atoms with E-state index in [-0.39, 0.29) is 5.91 Å². The Morgan fingerprint density at radius 1 is 0.889 bits per heavy atom. The Bertz CT molecular complexity index is 746. The molecule has 2 rings (SSSR count). The van der Waals surface area contributed by atoms with Gasteiger partial charge in [-0.2, -0.15) is 0 Å². The fourth-order valence-electron chi connectivity index (χ4n) is 2.96. The smallest absolute Gasteiger partial charge is 0.258 e. The highest BCUT2D eigenvalue weighted by molar-refractivity contribution is 6.07. The van der Waals surface area contributed by atoms with Crippen molar-refractivity contribution in [3.05, 3.63) is 47.5 Å². The summed E-state index contributed by atoms with van der Waals surface area (Å²) in [5.41, 5.74) is 2.46. The minimum absolute atomic E-state index is 0.100. The average Bonchev–Trinajstić information content (AvgIpc) is 2.66. The molecule has 5 nitrogen and oxygen atoms in total. The molecule has 2 aromatic carbocycles. The number of amides is 1. The summed E-state index contributed by atoms with van der Waals surface area (Å²) in [5.74, 6) is 1.48. The van der Waals surface area contributed by atoms with Crippen LogP contribution in [0.4, 0.5) is 5.69 Å². The predicted octanol–water partition coefficient (Wildman–Crippen LogP) is 4.86. The first-order valence-electron chi connectivity index (χ1n) is 9.51. The Labute approximate surface area is 161 Å². The Kier molecular flexibility index (Phi) is 7.53. The van der Waals surface area contributed by atoms with Gasteiger partial charge in [0.05, 0.1) is 19.8 Å². The van der Waals surface area contributed by atoms with E-state index in [1.165, 1.54) is 0 Å². The number of anilines is 1. The summed E-state index contributed by atoms with van der Waals surface area (Å²) in [6.45, 7) is 11.7. The van der Waals surface area contributed by atoms with Crippen molar-refractivity contribution >= 4 is 11.6 Å². The van der Waals surface area contributed by atoms with Gasteiger partial charge in [0.15, 0.2) is 11.5 Å². The Morgan fingerprint density at radius 3 is 1.93 bits per heavy atom. The van der Waals surface area contributed by atoms with Crippen LogP contribution in [-0.2, 0) is 0 Å². The lowest BCUT2D eigenvalue weighted by Gasteiger charge is -2.24. The second kappa shape index (κ2) is 9.86. The second-order valence-corrected chi connectivity index (χ2v) is 5.94. The van der Waals surface area contributed by atoms with Gasteiger partial charge in [-0.15, -0.1) is 0 Å². The van der Waals surface area contributed by atoms with Crippen LogP contribution < -0.4 is 19.1 Å². The van der Waals surface area contributed by atoms with Crippen LogP contribution in [0.5, 0.6) is 17.2 Å². The molecule has 2 aromatic rings. The summed E-state index contributed by atoms with van der Waals surface area (Å²) in [6, 6.07) is 11.3. The number of rotatable bonds is 9. The van der Waals surface area contributed by atoms with Crippen molar-refractivity contribution in [1.29, 1.82) is 0 Å². The average molecular weight is 371 g/mol. The van der Waals surface area contributed by atoms with E-state index in [4.69, 9.17) is 14.2 Å². The number of benzene rings is 2. The summed E-state index contributed by atoms with van der Waals surface area (Å²) in [5, 5.41) is 0. The van der Waals surface area contributed by atoms with E-state index in [0.29, 0.717) is 49.2 Å². The number of hydrogen-bond donors (Lipinski definition) is 0. The molecule has 27 heavy (non-hydrogen) atoms. The van der Waals surface area contributed by atoms with E-state index in [1.54, 1.807) is 17.0 Å². The summed E-state index contributed by atoms with van der Waals surface area (Å²) in [6.07, 6.45) is 0. The highest BCUT2D eigenvalue weighted by atomic mass is 16.5. The highest BCUT2D eigenvalue weighted by Crippen LogP contribution is 2.39. The van der Waals surface area contributed by atoms with Crippen LogP contribution in [0, 0.1) is 6.92 Å². The van der Waals surface area contributed by atoms with E-state index < -0.39 is 0 Å². The van der Waals surface area contributed by atoms with Crippen LogP contribution in [0.25, 0.3) is 0 Å². The molecule has 0 aliphatic rings. The van der Waals surface area contributed by atoms with E-state index in [0.717, 1.165) is 11.3 Å². The molecule has 0 heterocycles. The van der Waals surface area contributed by atoms with Crippen molar-refractivity contribution in [3.63, 3.8) is 0 Å². The third-order valence-electron chi connectivity index (χ3n) is 4.12. The van der Waals surface area contributed by atoms with Crippen LogP contribution in [-0.4, -0.2) is 32.3 Å². The number of carbonyl (C=O) groups excluding carboxylic acids is 1. The molecule has 1 amide bonds. The summed E-state index contributed by atoms with van der Waals surface area (Å²) in [4.78, 5) is 15.0. The number of aryl methyl sites for hydroxylation is 1. The van der Waals surface area contributed by atoms with Gasteiger partial charge in [-0.1, -0.05) is 18.2 Å². The van der Waals surface area contributed by atoms with E-state index in [9.17, 15) is 4.79 Å². The van der Waals surface area contributed by atoms with E-state index in [2.05, 4.69) is 0 Å². The third-order valence-corrected chi connectivity index (χ3v) is 4.12. The normalized spacial score (nSPS) is 10.4. The van der Waals surface area contributed by atoms with Crippen LogP contribution in [0.15, 0.2) is 36.4 Å². The number of hydrogen-bond acceptors (Lipinski definition) is 4. The van der Waals surface area contributed by atoms with Gasteiger partial charge in [-0.05, 0) is 58.4 Å². The predicted molar refractivity (Wildman–Crippen MR) is 108 cm³/mol. The molecule has 0 unspecified atom stereocenters. The van der Waals surface area contributed by atoms with E-state index >= 15 is 0 Å². The SMILES string of the molecule is CCOc1cc(C(=O)N(CC)c2ccccc2C)cc(OCC)c1OCC. The topological polar surface area (TPSA) is 48.0 Å². The Hall–Kier alpha value is -2.69. The quantitative estimate of drug-likeness (QED) is 0.632. The van der Waals surface area contributed by atoms with Crippen molar-refractivity contribution in [2.45, 2.75) is 34.6 Å². The van der Waals surface area contributed by atoms with Crippen molar-refractivity contribution in [2.24, 2.45) is 0 Å². The molecule has 0 atom stereocenters. The molecule has 0 radical (unpaired) electrons. The van der Waals surface area contributed by atoms with Crippen molar-refractivity contribution < 1.29 is 19.0 Å². The summed E-state index contributed by atoms with van der Waals surface area (Å²) >= 11 is 0. The standard InChI is InChI=1S/C22H29NO4/c1-6-23(18-13-11-10-12-16(18)5)22(24)17-14-19(25-7-2)21(27-9-4)20(15-17)26-8-3/h10-15H,6-9H2,1-5H3. The lowest BCUT2D eigenvalue weighted by molar-refractivity contribution is 0.0987. The van der Waals surface area contributed by atoms with Crippen LogP contribution in [0.1, 0.15) is 43.6 Å². The maximum Gasteiger partial charge on any atom is 0.258 e. The van der Waals surface area contributed by atoms with E-state index in [1.807, 2.05) is 58.9 Å². The summed E-state index contributed by atoms with van der Waals surface area (Å²) < 4.78 is 17.2. The molecule has 0 bridgehead atoms. The minimum Gasteiger partial charge on any atom is -0.490 e. The van der Waals surface area contributed by atoms with Crippen LogP contribution in [0.3, 0.4) is 0 Å². The van der Waals surface area contributed by atoms with Crippen LogP contribution in [0.2, 0.25) is 0 Å². The Morgan fingerprint density at radius 2 is 1.44 bits per heavy atom. The molecule has 0 spiro atoms. The largest absolute Gasteiger partial charge is 0.490 e. The second-order valence-electron chi connectivity index (χ2n) is 5.94. The van der Waals surface area contributed by atoms with Gasteiger partial charge in [0.1, 0.15) is 0 Å². The van der Waals surface area contributed by atoms with Gasteiger partial charge < -0.3 is 19.1 Å². The highest BCUT2D eigenvalue weighted by Gasteiger charge is 2.22. The number of ether oxygens (including phenoxy) is 3. The zero-order chi connectivity index (χ0) is 19.8. The molecular weight excluding hydrogens is 342 g/mol. The fraction of sp³-hybridized carbons (Fsp3) is 0.409. The molecule has 0 aromatic heterocycles. The zero-order valence-electron chi connectivity index (χ0n) is 16.9. The van der Waals surface area contributed by atoms with Gasteiger partial charge in [0.2, 0.25) is 5.75 Å². The third kappa shape index (κ3) is 4.73. The molecule has 5 heteroatoms. The fourth-order valence-corrected chi connectivity index (χ4v) is 2.96. The maximum absolute atomic E-state index is 13.3. The number of nitrogens with zero attached hydrogens (tertiary/aromatic N) is 1. The van der Waals surface area contributed by atoms with Crippen molar-refractivity contribution in [3.8, 4) is 17.2 Å². The zero-order valence-corrected chi connectivity index (χ0v) is 16.9. The lowest BCUT2D eigenvalue weighted by Crippen LogP contribution is -2.31. The molecule has 0 aliphatic heterocycles. The molecule has 0 saturated heterocycles. The van der Waals surface area contributed by atoms with Gasteiger partial charge in [-0.25, -0.2) is 0 Å². The monoisotopic (exact) mass is 371 g/mol. The van der Waals surface area contributed by atoms with Gasteiger partial charge in [0, 0.05) is 17.8 Å². The number of carbonyl (C=O) groups is 1. The summed E-state index contributed by atoms with van der Waals surface area (Å²) in [7, 11) is 0. The first kappa shape index (κ1) is 20.6. The molecule has 146 valence electrons. The first-order valence-corrected chi connectivity index (χ1v) is 9.51. The lowest BCUT2D eigenvalue weighted by atomic mass is 10.1. The minimum atomic E-state index is -0.100. The van der Waals surface area contributed by atoms with Crippen LogP contribution >= 0.6 is 0 Å². The molecular formula is C22H29NO4. The maximum atomic E-state index is 13.3. The number of para-hydroxylation sites is 1. The molecule has 0 fully saturated rings. The van der Waals surface area contributed by atoms with Gasteiger partial charge in [-0.3, -0.25) is 4.79 Å². The van der Waals surface area contributed by atoms with Crippen molar-refractivity contribution in [1.82, 2.24) is 0 Å². The molecule has 0 N–H and O–H groups in total. The van der Waals surface area contributed by atoms with Gasteiger partial charge >= 0.3 is 0 Å². The molecule has 0 aliphatic carbocycles. The van der Waals surface area contributed by atoms with Gasteiger partial charge in [0.25, 0.3) is 5.91 Å².